The standard InChI is InChI=1S/C32H22N4O4S/c1-22-16-18-25(19-17-22)41(39,40)35-31(24-12-6-3-7-13-24)27(20-33)30(23-10-4-2-5-11-23)28(21-34)32(35)26-14-8-9-15-29(26)36(37)38/h2-19,31H,1H3. The summed E-state index contributed by atoms with van der Waals surface area (Å²) in [6.45, 7) is 1.82. The molecule has 8 nitrogen and oxygen atoms in total. The van der Waals surface area contributed by atoms with Gasteiger partial charge in [-0.2, -0.15) is 10.5 Å². The summed E-state index contributed by atoms with van der Waals surface area (Å²) in [5.41, 5.74) is 1.27. The maximum absolute atomic E-state index is 14.6. The third kappa shape index (κ3) is 4.76. The maximum Gasteiger partial charge on any atom is 0.278 e. The van der Waals surface area contributed by atoms with Crippen molar-refractivity contribution in [2.24, 2.45) is 0 Å². The van der Waals surface area contributed by atoms with Gasteiger partial charge < -0.3 is 0 Å². The van der Waals surface area contributed by atoms with Crippen molar-refractivity contribution >= 4 is 27.0 Å². The molecule has 0 aliphatic carbocycles. The first-order chi connectivity index (χ1) is 19.8. The number of sulfonamides is 1. The molecule has 0 spiro atoms. The Morgan fingerprint density at radius 1 is 0.805 bits per heavy atom. The molecule has 9 heteroatoms. The number of hydrogen-bond acceptors (Lipinski definition) is 6. The second kappa shape index (κ2) is 10.9. The molecule has 5 rings (SSSR count). The van der Waals surface area contributed by atoms with Gasteiger partial charge in [-0.25, -0.2) is 8.42 Å². The SMILES string of the molecule is Cc1ccc(S(=O)(=O)N2C(c3ccccc3[N+](=O)[O-])=C(C#N)C(c3ccccc3)=C(C#N)C2c2ccccc2)cc1. The Labute approximate surface area is 237 Å². The summed E-state index contributed by atoms with van der Waals surface area (Å²) >= 11 is 0. The highest BCUT2D eigenvalue weighted by molar-refractivity contribution is 7.89. The van der Waals surface area contributed by atoms with Gasteiger partial charge in [0.05, 0.1) is 38.3 Å². The van der Waals surface area contributed by atoms with Crippen molar-refractivity contribution in [2.45, 2.75) is 17.9 Å². The van der Waals surface area contributed by atoms with Crippen LogP contribution < -0.4 is 0 Å². The first-order valence-corrected chi connectivity index (χ1v) is 14.0. The van der Waals surface area contributed by atoms with Gasteiger partial charge in [0.15, 0.2) is 0 Å². The van der Waals surface area contributed by atoms with Crippen molar-refractivity contribution in [3.05, 3.63) is 153 Å². The molecular weight excluding hydrogens is 536 g/mol. The Morgan fingerprint density at radius 3 is 1.98 bits per heavy atom. The van der Waals surface area contributed by atoms with Crippen molar-refractivity contribution < 1.29 is 13.3 Å². The minimum Gasteiger partial charge on any atom is -0.258 e. The van der Waals surface area contributed by atoms with E-state index in [1.807, 2.05) is 6.92 Å². The molecule has 0 bridgehead atoms. The number of benzene rings is 4. The van der Waals surface area contributed by atoms with E-state index in [0.29, 0.717) is 11.1 Å². The number of nitro benzene ring substituents is 1. The molecule has 1 heterocycles. The van der Waals surface area contributed by atoms with Crippen LogP contribution in [0.3, 0.4) is 0 Å². The summed E-state index contributed by atoms with van der Waals surface area (Å²) in [5.74, 6) is 0. The summed E-state index contributed by atoms with van der Waals surface area (Å²) < 4.78 is 30.2. The normalized spacial score (nSPS) is 15.3. The van der Waals surface area contributed by atoms with Crippen LogP contribution in [0, 0.1) is 39.7 Å². The molecule has 0 aromatic heterocycles. The van der Waals surface area contributed by atoms with Gasteiger partial charge in [-0.05, 0) is 36.2 Å². The number of nitro groups is 1. The highest BCUT2D eigenvalue weighted by atomic mass is 32.2. The summed E-state index contributed by atoms with van der Waals surface area (Å²) in [5, 5.41) is 33.4. The molecule has 41 heavy (non-hydrogen) atoms. The average Bonchev–Trinajstić information content (AvgIpc) is 3.00. The van der Waals surface area contributed by atoms with E-state index in [0.717, 1.165) is 9.87 Å². The molecule has 1 atom stereocenters. The first-order valence-electron chi connectivity index (χ1n) is 12.5. The van der Waals surface area contributed by atoms with Gasteiger partial charge in [0.2, 0.25) is 0 Å². The van der Waals surface area contributed by atoms with Crippen LogP contribution in [-0.4, -0.2) is 17.6 Å². The second-order valence-electron chi connectivity index (χ2n) is 9.30. The molecule has 0 radical (unpaired) electrons. The highest BCUT2D eigenvalue weighted by Crippen LogP contribution is 2.51. The van der Waals surface area contributed by atoms with Gasteiger partial charge in [0.25, 0.3) is 15.7 Å². The monoisotopic (exact) mass is 558 g/mol. The van der Waals surface area contributed by atoms with Crippen molar-refractivity contribution in [2.75, 3.05) is 0 Å². The molecule has 1 aliphatic heterocycles. The van der Waals surface area contributed by atoms with Gasteiger partial charge in [-0.3, -0.25) is 14.4 Å². The Hall–Kier alpha value is -5.51. The molecule has 4 aromatic rings. The third-order valence-electron chi connectivity index (χ3n) is 6.83. The Kier molecular flexibility index (Phi) is 7.22. The fourth-order valence-electron chi connectivity index (χ4n) is 4.98. The fourth-order valence-corrected chi connectivity index (χ4v) is 6.63. The number of nitrogens with zero attached hydrogens (tertiary/aromatic N) is 4. The molecule has 1 unspecified atom stereocenters. The maximum atomic E-state index is 14.6. The lowest BCUT2D eigenvalue weighted by Gasteiger charge is -2.39. The van der Waals surface area contributed by atoms with Gasteiger partial charge in [0.1, 0.15) is 12.1 Å². The number of hydrogen-bond donors (Lipinski definition) is 0. The smallest absolute Gasteiger partial charge is 0.258 e. The van der Waals surface area contributed by atoms with Crippen LogP contribution in [0.25, 0.3) is 11.3 Å². The van der Waals surface area contributed by atoms with Gasteiger partial charge in [-0.15, -0.1) is 0 Å². The summed E-state index contributed by atoms with van der Waals surface area (Å²) in [6, 6.07) is 32.2. The zero-order valence-electron chi connectivity index (χ0n) is 21.8. The van der Waals surface area contributed by atoms with E-state index >= 15 is 0 Å². The van der Waals surface area contributed by atoms with Crippen LogP contribution in [0.4, 0.5) is 5.69 Å². The Balaban J connectivity index is 1.99. The Morgan fingerprint density at radius 2 is 1.39 bits per heavy atom. The van der Waals surface area contributed by atoms with Crippen LogP contribution in [-0.2, 0) is 10.0 Å². The number of rotatable bonds is 6. The lowest BCUT2D eigenvalue weighted by Crippen LogP contribution is -2.38. The predicted molar refractivity (Wildman–Crippen MR) is 154 cm³/mol. The van der Waals surface area contributed by atoms with Crippen molar-refractivity contribution in [3.63, 3.8) is 0 Å². The van der Waals surface area contributed by atoms with Gasteiger partial charge >= 0.3 is 0 Å². The average molecular weight is 559 g/mol. The van der Waals surface area contributed by atoms with Gasteiger partial charge in [0, 0.05) is 11.6 Å². The molecule has 1 aliphatic rings. The van der Waals surface area contributed by atoms with Crippen molar-refractivity contribution in [1.29, 1.82) is 10.5 Å². The lowest BCUT2D eigenvalue weighted by atomic mass is 9.82. The van der Waals surface area contributed by atoms with E-state index in [9.17, 15) is 29.1 Å². The van der Waals surface area contributed by atoms with Crippen molar-refractivity contribution in [1.82, 2.24) is 4.31 Å². The minimum atomic E-state index is -4.49. The van der Waals surface area contributed by atoms with E-state index in [1.165, 1.54) is 30.3 Å². The van der Waals surface area contributed by atoms with E-state index < -0.39 is 21.0 Å². The molecule has 0 saturated heterocycles. The van der Waals surface area contributed by atoms with Crippen LogP contribution in [0.15, 0.2) is 125 Å². The van der Waals surface area contributed by atoms with E-state index in [2.05, 4.69) is 12.1 Å². The number of allylic oxidation sites excluding steroid dienone is 2. The zero-order chi connectivity index (χ0) is 29.1. The predicted octanol–water partition coefficient (Wildman–Crippen LogP) is 6.56. The van der Waals surface area contributed by atoms with Crippen molar-refractivity contribution in [3.8, 4) is 12.1 Å². The largest absolute Gasteiger partial charge is 0.278 e. The van der Waals surface area contributed by atoms with E-state index in [-0.39, 0.29) is 38.6 Å². The number of para-hydroxylation sites is 1. The molecule has 4 aromatic carbocycles. The van der Waals surface area contributed by atoms with Crippen LogP contribution >= 0.6 is 0 Å². The molecule has 0 fully saturated rings. The van der Waals surface area contributed by atoms with Crippen LogP contribution in [0.1, 0.15) is 28.3 Å². The number of aryl methyl sites for hydroxylation is 1. The fraction of sp³-hybridized carbons (Fsp3) is 0.0625. The zero-order valence-corrected chi connectivity index (χ0v) is 22.6. The highest BCUT2D eigenvalue weighted by Gasteiger charge is 2.45. The number of nitriles is 2. The van der Waals surface area contributed by atoms with E-state index in [4.69, 9.17) is 0 Å². The quantitative estimate of drug-likeness (QED) is 0.195. The summed E-state index contributed by atoms with van der Waals surface area (Å²) in [4.78, 5) is 11.5. The van der Waals surface area contributed by atoms with Crippen LogP contribution in [0.2, 0.25) is 0 Å². The molecule has 0 N–H and O–H groups in total. The van der Waals surface area contributed by atoms with Crippen LogP contribution in [0.5, 0.6) is 0 Å². The lowest BCUT2D eigenvalue weighted by molar-refractivity contribution is -0.385. The molecular formula is C32H22N4O4S. The van der Waals surface area contributed by atoms with E-state index in [1.54, 1.807) is 78.9 Å². The topological polar surface area (TPSA) is 128 Å². The summed E-state index contributed by atoms with van der Waals surface area (Å²) in [6.07, 6.45) is 0. The third-order valence-corrected chi connectivity index (χ3v) is 8.61. The molecule has 0 saturated carbocycles. The Bertz CT molecular complexity index is 1900. The first kappa shape index (κ1) is 27.1. The van der Waals surface area contributed by atoms with Gasteiger partial charge in [-0.1, -0.05) is 90.5 Å². The molecule has 200 valence electrons. The summed E-state index contributed by atoms with van der Waals surface area (Å²) in [7, 11) is -4.49. The second-order valence-corrected chi connectivity index (χ2v) is 11.1. The molecule has 0 amide bonds. The minimum absolute atomic E-state index is 0.0250.